The van der Waals surface area contributed by atoms with E-state index in [4.69, 9.17) is 0 Å². The molecule has 0 bridgehead atoms. The minimum atomic E-state index is 0.503. The van der Waals surface area contributed by atoms with Crippen molar-refractivity contribution in [1.82, 2.24) is 10.2 Å². The first-order valence-electron chi connectivity index (χ1n) is 7.28. The Hall–Kier alpha value is -0.380. The quantitative estimate of drug-likeness (QED) is 0.790. The van der Waals surface area contributed by atoms with Gasteiger partial charge in [-0.2, -0.15) is 0 Å². The fraction of sp³-hybridized carbons (Fsp3) is 0.733. The van der Waals surface area contributed by atoms with E-state index in [0.717, 1.165) is 12.6 Å². The zero-order valence-corrected chi connectivity index (χ0v) is 12.5. The summed E-state index contributed by atoms with van der Waals surface area (Å²) in [4.78, 5) is 4.10. The smallest absolute Gasteiger partial charge is 0.0386 e. The minimum Gasteiger partial charge on any atom is -0.309 e. The molecule has 2 nitrogen and oxygen atoms in total. The molecule has 1 N–H and O–H groups in total. The first kappa shape index (κ1) is 14.0. The maximum absolute atomic E-state index is 3.62. The summed E-state index contributed by atoms with van der Waals surface area (Å²) < 4.78 is 0. The average molecular weight is 266 g/mol. The second-order valence-electron chi connectivity index (χ2n) is 5.43. The molecule has 1 fully saturated rings. The Kier molecular flexibility index (Phi) is 5.67. The van der Waals surface area contributed by atoms with Crippen molar-refractivity contribution in [1.29, 1.82) is 0 Å². The summed E-state index contributed by atoms with van der Waals surface area (Å²) in [5.41, 5.74) is 0. The van der Waals surface area contributed by atoms with E-state index in [-0.39, 0.29) is 0 Å². The predicted molar refractivity (Wildman–Crippen MR) is 80.2 cm³/mol. The first-order chi connectivity index (χ1) is 8.77. The molecule has 2 rings (SSSR count). The van der Waals surface area contributed by atoms with Crippen LogP contribution in [0.4, 0.5) is 0 Å². The third-order valence-electron chi connectivity index (χ3n) is 3.98. The molecule has 18 heavy (non-hydrogen) atoms. The van der Waals surface area contributed by atoms with Crippen LogP contribution in [0.2, 0.25) is 0 Å². The van der Waals surface area contributed by atoms with Gasteiger partial charge in [0.05, 0.1) is 0 Å². The van der Waals surface area contributed by atoms with E-state index in [1.807, 2.05) is 11.3 Å². The highest BCUT2D eigenvalue weighted by atomic mass is 32.1. The van der Waals surface area contributed by atoms with Crippen LogP contribution in [0.5, 0.6) is 0 Å². The standard InChI is InChI=1S/C15H26N2S/c1-13-7-3-4-10-17(13)11-6-9-16-14(2)15-8-5-12-18-15/h5,8,12-14,16H,3-4,6-7,9-11H2,1-2H3. The van der Waals surface area contributed by atoms with E-state index in [1.54, 1.807) is 0 Å². The minimum absolute atomic E-state index is 0.503. The molecule has 0 radical (unpaired) electrons. The molecule has 0 spiro atoms. The van der Waals surface area contributed by atoms with Crippen molar-refractivity contribution in [3.63, 3.8) is 0 Å². The van der Waals surface area contributed by atoms with Crippen molar-refractivity contribution in [3.05, 3.63) is 22.4 Å². The summed E-state index contributed by atoms with van der Waals surface area (Å²) in [5.74, 6) is 0. The van der Waals surface area contributed by atoms with Gasteiger partial charge in [0.25, 0.3) is 0 Å². The van der Waals surface area contributed by atoms with E-state index in [1.165, 1.54) is 43.6 Å². The molecule has 3 heteroatoms. The van der Waals surface area contributed by atoms with Gasteiger partial charge >= 0.3 is 0 Å². The van der Waals surface area contributed by atoms with Gasteiger partial charge in [-0.15, -0.1) is 11.3 Å². The highest BCUT2D eigenvalue weighted by Crippen LogP contribution is 2.18. The SMILES string of the molecule is CC(NCCCN1CCCCC1C)c1cccs1. The predicted octanol–water partition coefficient (Wildman–Crippen LogP) is 3.66. The summed E-state index contributed by atoms with van der Waals surface area (Å²) in [5, 5.41) is 5.78. The van der Waals surface area contributed by atoms with Crippen LogP contribution >= 0.6 is 11.3 Å². The topological polar surface area (TPSA) is 15.3 Å². The zero-order valence-electron chi connectivity index (χ0n) is 11.7. The lowest BCUT2D eigenvalue weighted by Gasteiger charge is -2.33. The fourth-order valence-electron chi connectivity index (χ4n) is 2.73. The first-order valence-corrected chi connectivity index (χ1v) is 8.16. The number of nitrogens with zero attached hydrogens (tertiary/aromatic N) is 1. The highest BCUT2D eigenvalue weighted by Gasteiger charge is 2.17. The molecule has 0 aliphatic carbocycles. The summed E-state index contributed by atoms with van der Waals surface area (Å²) in [6.45, 7) is 8.32. The van der Waals surface area contributed by atoms with Crippen LogP contribution in [0.3, 0.4) is 0 Å². The van der Waals surface area contributed by atoms with E-state index < -0.39 is 0 Å². The highest BCUT2D eigenvalue weighted by molar-refractivity contribution is 7.10. The van der Waals surface area contributed by atoms with Gasteiger partial charge in [-0.1, -0.05) is 12.5 Å². The second-order valence-corrected chi connectivity index (χ2v) is 6.40. The van der Waals surface area contributed by atoms with E-state index in [9.17, 15) is 0 Å². The van der Waals surface area contributed by atoms with Crippen LogP contribution in [0.15, 0.2) is 17.5 Å². The summed E-state index contributed by atoms with van der Waals surface area (Å²) in [6, 6.07) is 5.65. The summed E-state index contributed by atoms with van der Waals surface area (Å²) in [7, 11) is 0. The van der Waals surface area contributed by atoms with Crippen LogP contribution in [0.1, 0.15) is 50.4 Å². The Bertz CT molecular complexity index is 323. The third kappa shape index (κ3) is 4.08. The van der Waals surface area contributed by atoms with E-state index >= 15 is 0 Å². The average Bonchev–Trinajstić information content (AvgIpc) is 2.90. The molecule has 1 saturated heterocycles. The Labute approximate surface area is 115 Å². The summed E-state index contributed by atoms with van der Waals surface area (Å²) >= 11 is 1.84. The van der Waals surface area contributed by atoms with Crippen LogP contribution in [0, 0.1) is 0 Å². The van der Waals surface area contributed by atoms with Gasteiger partial charge in [0.1, 0.15) is 0 Å². The van der Waals surface area contributed by atoms with E-state index in [2.05, 4.69) is 41.6 Å². The molecule has 0 aromatic carbocycles. The number of likely N-dealkylation sites (tertiary alicyclic amines) is 1. The lowest BCUT2D eigenvalue weighted by Crippen LogP contribution is -2.39. The molecule has 1 aliphatic rings. The fourth-order valence-corrected chi connectivity index (χ4v) is 3.49. The van der Waals surface area contributed by atoms with E-state index in [0.29, 0.717) is 6.04 Å². The lowest BCUT2D eigenvalue weighted by atomic mass is 10.0. The van der Waals surface area contributed by atoms with Crippen molar-refractivity contribution >= 4 is 11.3 Å². The van der Waals surface area contributed by atoms with Gasteiger partial charge in [0.2, 0.25) is 0 Å². The van der Waals surface area contributed by atoms with Crippen LogP contribution in [-0.4, -0.2) is 30.6 Å². The number of hydrogen-bond acceptors (Lipinski definition) is 3. The lowest BCUT2D eigenvalue weighted by molar-refractivity contribution is 0.158. The Morgan fingerprint density at radius 2 is 2.39 bits per heavy atom. The monoisotopic (exact) mass is 266 g/mol. The second kappa shape index (κ2) is 7.27. The normalized spacial score (nSPS) is 23.1. The Balaban J connectivity index is 1.61. The maximum atomic E-state index is 3.62. The molecule has 1 aromatic rings. The molecule has 0 saturated carbocycles. The molecule has 1 aromatic heterocycles. The molecule has 1 aliphatic heterocycles. The Morgan fingerprint density at radius 1 is 1.50 bits per heavy atom. The van der Waals surface area contributed by atoms with Crippen molar-refractivity contribution < 1.29 is 0 Å². The van der Waals surface area contributed by atoms with Gasteiger partial charge in [-0.3, -0.25) is 0 Å². The van der Waals surface area contributed by atoms with Gasteiger partial charge in [-0.25, -0.2) is 0 Å². The number of rotatable bonds is 6. The molecule has 2 heterocycles. The van der Waals surface area contributed by atoms with Crippen LogP contribution < -0.4 is 5.32 Å². The number of hydrogen-bond donors (Lipinski definition) is 1. The molecule has 2 atom stereocenters. The van der Waals surface area contributed by atoms with Crippen molar-refractivity contribution in [2.24, 2.45) is 0 Å². The van der Waals surface area contributed by atoms with Crippen LogP contribution in [-0.2, 0) is 0 Å². The van der Waals surface area contributed by atoms with Crippen LogP contribution in [0.25, 0.3) is 0 Å². The number of piperidine rings is 1. The number of thiophene rings is 1. The molecular weight excluding hydrogens is 240 g/mol. The third-order valence-corrected chi connectivity index (χ3v) is 5.04. The van der Waals surface area contributed by atoms with Gasteiger partial charge < -0.3 is 10.2 Å². The van der Waals surface area contributed by atoms with Gasteiger partial charge in [0.15, 0.2) is 0 Å². The molecular formula is C15H26N2S. The van der Waals surface area contributed by atoms with Crippen molar-refractivity contribution in [3.8, 4) is 0 Å². The summed E-state index contributed by atoms with van der Waals surface area (Å²) in [6.07, 6.45) is 5.47. The molecule has 102 valence electrons. The van der Waals surface area contributed by atoms with Gasteiger partial charge in [0, 0.05) is 17.0 Å². The number of nitrogens with one attached hydrogen (secondary N) is 1. The zero-order chi connectivity index (χ0) is 12.8. The maximum Gasteiger partial charge on any atom is 0.0386 e. The van der Waals surface area contributed by atoms with Crippen molar-refractivity contribution in [2.45, 2.75) is 51.6 Å². The van der Waals surface area contributed by atoms with Gasteiger partial charge in [-0.05, 0) is 64.2 Å². The molecule has 2 unspecified atom stereocenters. The van der Waals surface area contributed by atoms with Crippen molar-refractivity contribution in [2.75, 3.05) is 19.6 Å². The molecule has 0 amide bonds. The largest absolute Gasteiger partial charge is 0.309 e. The Morgan fingerprint density at radius 3 is 3.11 bits per heavy atom.